The van der Waals surface area contributed by atoms with E-state index < -0.39 is 5.60 Å². The lowest BCUT2D eigenvalue weighted by molar-refractivity contribution is -0.127. The lowest BCUT2D eigenvalue weighted by Crippen LogP contribution is -2.48. The number of hydrogen-bond acceptors (Lipinski definition) is 2. The highest BCUT2D eigenvalue weighted by Crippen LogP contribution is 2.30. The summed E-state index contributed by atoms with van der Waals surface area (Å²) in [7, 11) is 0. The Morgan fingerprint density at radius 3 is 2.64 bits per heavy atom. The summed E-state index contributed by atoms with van der Waals surface area (Å²) >= 11 is 0. The number of aliphatic hydroxyl groups is 1. The Bertz CT molecular complexity index is 199. The Morgan fingerprint density at radius 2 is 2.21 bits per heavy atom. The summed E-state index contributed by atoms with van der Waals surface area (Å²) in [5.41, 5.74) is -0.596. The van der Waals surface area contributed by atoms with E-state index in [4.69, 9.17) is 0 Å². The fraction of sp³-hybridized carbons (Fsp3) is 0.909. The second kappa shape index (κ2) is 4.78. The molecule has 0 aromatic heterocycles. The summed E-state index contributed by atoms with van der Waals surface area (Å²) < 4.78 is 0. The van der Waals surface area contributed by atoms with Gasteiger partial charge in [0.25, 0.3) is 0 Å². The van der Waals surface area contributed by atoms with Gasteiger partial charge in [-0.25, -0.2) is 0 Å². The third-order valence-electron chi connectivity index (χ3n) is 3.05. The maximum atomic E-state index is 11.5. The van der Waals surface area contributed by atoms with Gasteiger partial charge < -0.3 is 10.4 Å². The number of carbonyl (C=O) groups is 1. The van der Waals surface area contributed by atoms with Crippen molar-refractivity contribution < 1.29 is 9.90 Å². The fourth-order valence-corrected chi connectivity index (χ4v) is 1.75. The van der Waals surface area contributed by atoms with E-state index in [2.05, 4.69) is 12.2 Å². The van der Waals surface area contributed by atoms with Crippen LogP contribution < -0.4 is 5.32 Å². The van der Waals surface area contributed by atoms with Crippen molar-refractivity contribution in [2.75, 3.05) is 6.54 Å². The van der Waals surface area contributed by atoms with Gasteiger partial charge in [0.1, 0.15) is 0 Å². The molecular formula is C11H21NO2. The quantitative estimate of drug-likeness (QED) is 0.704. The van der Waals surface area contributed by atoms with Gasteiger partial charge in [0.2, 0.25) is 5.91 Å². The molecule has 0 heterocycles. The van der Waals surface area contributed by atoms with Crippen LogP contribution >= 0.6 is 0 Å². The van der Waals surface area contributed by atoms with E-state index in [1.807, 2.05) is 6.92 Å². The highest BCUT2D eigenvalue weighted by Gasteiger charge is 2.34. The molecule has 1 aliphatic carbocycles. The molecular weight excluding hydrogens is 178 g/mol. The van der Waals surface area contributed by atoms with Crippen molar-refractivity contribution in [3.8, 4) is 0 Å². The van der Waals surface area contributed by atoms with Crippen LogP contribution in [0.4, 0.5) is 0 Å². The lowest BCUT2D eigenvalue weighted by Gasteiger charge is -2.36. The van der Waals surface area contributed by atoms with Crippen LogP contribution in [0.15, 0.2) is 0 Å². The summed E-state index contributed by atoms with van der Waals surface area (Å²) in [6.45, 7) is 4.44. The Balaban J connectivity index is 2.20. The minimum atomic E-state index is -0.596. The lowest BCUT2D eigenvalue weighted by atomic mass is 9.80. The highest BCUT2D eigenvalue weighted by molar-refractivity contribution is 5.78. The first-order valence-corrected chi connectivity index (χ1v) is 5.57. The molecule has 2 N–H and O–H groups in total. The average molecular weight is 199 g/mol. The van der Waals surface area contributed by atoms with Crippen LogP contribution in [0.2, 0.25) is 0 Å². The van der Waals surface area contributed by atoms with Crippen LogP contribution in [0.25, 0.3) is 0 Å². The van der Waals surface area contributed by atoms with E-state index in [0.29, 0.717) is 6.54 Å². The fourth-order valence-electron chi connectivity index (χ4n) is 1.75. The van der Waals surface area contributed by atoms with Crippen LogP contribution in [0.5, 0.6) is 0 Å². The zero-order chi connectivity index (χ0) is 10.6. The van der Waals surface area contributed by atoms with Gasteiger partial charge in [-0.3, -0.25) is 4.79 Å². The molecule has 3 nitrogen and oxygen atoms in total. The van der Waals surface area contributed by atoms with Gasteiger partial charge in [-0.05, 0) is 25.7 Å². The van der Waals surface area contributed by atoms with Crippen molar-refractivity contribution in [1.29, 1.82) is 0 Å². The Morgan fingerprint density at radius 1 is 1.57 bits per heavy atom. The van der Waals surface area contributed by atoms with Gasteiger partial charge in [-0.2, -0.15) is 0 Å². The molecule has 1 fully saturated rings. The average Bonchev–Trinajstić information content (AvgIpc) is 2.11. The predicted molar refractivity (Wildman–Crippen MR) is 55.9 cm³/mol. The van der Waals surface area contributed by atoms with Crippen molar-refractivity contribution in [2.24, 2.45) is 5.92 Å². The predicted octanol–water partition coefficient (Wildman–Crippen LogP) is 1.45. The van der Waals surface area contributed by atoms with Crippen molar-refractivity contribution in [1.82, 2.24) is 5.32 Å². The minimum absolute atomic E-state index is 0.0728. The number of nitrogens with one attached hydrogen (secondary N) is 1. The molecule has 1 atom stereocenters. The van der Waals surface area contributed by atoms with Gasteiger partial charge in [0.15, 0.2) is 0 Å². The van der Waals surface area contributed by atoms with Gasteiger partial charge in [0, 0.05) is 12.5 Å². The van der Waals surface area contributed by atoms with E-state index in [1.165, 1.54) is 0 Å². The molecule has 0 bridgehead atoms. The summed E-state index contributed by atoms with van der Waals surface area (Å²) in [5.74, 6) is 0.149. The molecule has 3 heteroatoms. The first-order chi connectivity index (χ1) is 6.57. The monoisotopic (exact) mass is 199 g/mol. The second-order valence-electron chi connectivity index (χ2n) is 4.49. The SMILES string of the molecule is CCCC(C)C(=O)NCC1(O)CCC1. The van der Waals surface area contributed by atoms with Crippen molar-refractivity contribution >= 4 is 5.91 Å². The maximum Gasteiger partial charge on any atom is 0.222 e. The summed E-state index contributed by atoms with van der Waals surface area (Å²) in [6, 6.07) is 0. The molecule has 14 heavy (non-hydrogen) atoms. The Hall–Kier alpha value is -0.570. The van der Waals surface area contributed by atoms with Crippen LogP contribution in [-0.2, 0) is 4.79 Å². The molecule has 0 aliphatic heterocycles. The van der Waals surface area contributed by atoms with E-state index in [-0.39, 0.29) is 11.8 Å². The van der Waals surface area contributed by atoms with Gasteiger partial charge in [-0.1, -0.05) is 20.3 Å². The standard InChI is InChI=1S/C11H21NO2/c1-3-5-9(2)10(13)12-8-11(14)6-4-7-11/h9,14H,3-8H2,1-2H3,(H,12,13). The van der Waals surface area contributed by atoms with E-state index in [0.717, 1.165) is 32.1 Å². The van der Waals surface area contributed by atoms with E-state index in [1.54, 1.807) is 0 Å². The molecule has 1 saturated carbocycles. The van der Waals surface area contributed by atoms with Gasteiger partial charge >= 0.3 is 0 Å². The number of amides is 1. The summed E-state index contributed by atoms with van der Waals surface area (Å²) in [6.07, 6.45) is 4.69. The number of carbonyl (C=O) groups excluding carboxylic acids is 1. The Labute approximate surface area is 85.9 Å². The zero-order valence-corrected chi connectivity index (χ0v) is 9.18. The molecule has 0 aromatic rings. The van der Waals surface area contributed by atoms with Crippen molar-refractivity contribution in [3.05, 3.63) is 0 Å². The normalized spacial score (nSPS) is 21.1. The largest absolute Gasteiger partial charge is 0.388 e. The first-order valence-electron chi connectivity index (χ1n) is 5.57. The molecule has 0 aromatic carbocycles. The smallest absolute Gasteiger partial charge is 0.222 e. The Kier molecular flexibility index (Phi) is 3.93. The minimum Gasteiger partial charge on any atom is -0.388 e. The zero-order valence-electron chi connectivity index (χ0n) is 9.18. The molecule has 1 rings (SSSR count). The highest BCUT2D eigenvalue weighted by atomic mass is 16.3. The third-order valence-corrected chi connectivity index (χ3v) is 3.05. The van der Waals surface area contributed by atoms with Crippen LogP contribution in [0, 0.1) is 5.92 Å². The molecule has 1 amide bonds. The molecule has 82 valence electrons. The van der Waals surface area contributed by atoms with E-state index in [9.17, 15) is 9.90 Å². The first kappa shape index (κ1) is 11.5. The topological polar surface area (TPSA) is 49.3 Å². The number of rotatable bonds is 5. The molecule has 1 unspecified atom stereocenters. The maximum absolute atomic E-state index is 11.5. The number of hydrogen-bond donors (Lipinski definition) is 2. The van der Waals surface area contributed by atoms with E-state index >= 15 is 0 Å². The molecule has 0 radical (unpaired) electrons. The van der Waals surface area contributed by atoms with Crippen molar-refractivity contribution in [3.63, 3.8) is 0 Å². The van der Waals surface area contributed by atoms with Gasteiger partial charge in [0.05, 0.1) is 5.60 Å². The van der Waals surface area contributed by atoms with Crippen molar-refractivity contribution in [2.45, 2.75) is 51.6 Å². The molecule has 0 spiro atoms. The summed E-state index contributed by atoms with van der Waals surface area (Å²) in [4.78, 5) is 11.5. The van der Waals surface area contributed by atoms with Crippen LogP contribution in [0.1, 0.15) is 46.0 Å². The van der Waals surface area contributed by atoms with Gasteiger partial charge in [-0.15, -0.1) is 0 Å². The molecule has 1 aliphatic rings. The molecule has 0 saturated heterocycles. The third kappa shape index (κ3) is 2.98. The second-order valence-corrected chi connectivity index (χ2v) is 4.49. The van der Waals surface area contributed by atoms with Crippen LogP contribution in [0.3, 0.4) is 0 Å². The summed E-state index contributed by atoms with van der Waals surface area (Å²) in [5, 5.41) is 12.6. The van der Waals surface area contributed by atoms with Crippen LogP contribution in [-0.4, -0.2) is 23.2 Å².